The van der Waals surface area contributed by atoms with E-state index in [1.165, 1.54) is 23.5 Å². The summed E-state index contributed by atoms with van der Waals surface area (Å²) in [5, 5.41) is 0.201. The highest BCUT2D eigenvalue weighted by Crippen LogP contribution is 2.36. The van der Waals surface area contributed by atoms with Gasteiger partial charge in [-0.15, -0.1) is 11.3 Å². The van der Waals surface area contributed by atoms with Crippen molar-refractivity contribution in [3.63, 3.8) is 0 Å². The molecule has 0 fully saturated rings. The second kappa shape index (κ2) is 9.33. The van der Waals surface area contributed by atoms with E-state index in [2.05, 4.69) is 4.98 Å². The number of halogens is 3. The largest absolute Gasteiger partial charge is 0.418 e. The molecule has 192 valence electrons. The van der Waals surface area contributed by atoms with Crippen molar-refractivity contribution in [1.29, 1.82) is 0 Å². The van der Waals surface area contributed by atoms with Crippen LogP contribution in [0.2, 0.25) is 0 Å². The lowest BCUT2D eigenvalue weighted by atomic mass is 9.86. The number of hydrogen-bond acceptors (Lipinski definition) is 4. The highest BCUT2D eigenvalue weighted by Gasteiger charge is 2.36. The first kappa shape index (κ1) is 25.0. The third kappa shape index (κ3) is 4.39. The van der Waals surface area contributed by atoms with Gasteiger partial charge in [-0.25, -0.2) is 9.36 Å². The van der Waals surface area contributed by atoms with Crippen LogP contribution in [0.1, 0.15) is 41.3 Å². The van der Waals surface area contributed by atoms with Crippen molar-refractivity contribution in [2.75, 3.05) is 6.54 Å². The summed E-state index contributed by atoms with van der Waals surface area (Å²) in [6.45, 7) is 4.63. The normalized spacial score (nSPS) is 14.7. The lowest BCUT2D eigenvalue weighted by molar-refractivity contribution is -0.137. The molecule has 1 aliphatic rings. The van der Waals surface area contributed by atoms with E-state index < -0.39 is 28.7 Å². The van der Waals surface area contributed by atoms with Gasteiger partial charge in [0, 0.05) is 11.4 Å². The van der Waals surface area contributed by atoms with Crippen molar-refractivity contribution in [1.82, 2.24) is 14.5 Å². The van der Waals surface area contributed by atoms with Crippen LogP contribution < -0.4 is 11.2 Å². The number of alkyl halides is 3. The summed E-state index contributed by atoms with van der Waals surface area (Å²) in [6.07, 6.45) is -4.37. The molecule has 0 saturated heterocycles. The summed E-state index contributed by atoms with van der Waals surface area (Å²) in [5.74, 6) is -0.279. The van der Waals surface area contributed by atoms with Gasteiger partial charge >= 0.3 is 11.9 Å². The molecule has 0 aliphatic carbocycles. The summed E-state index contributed by atoms with van der Waals surface area (Å²) in [5.41, 5.74) is -1.71. The maximum atomic E-state index is 13.6. The number of H-pyrrole nitrogens is 1. The average Bonchev–Trinajstić information content (AvgIpc) is 3.21. The SMILES string of the molecule is CC(C)[C@@H](C(=O)N1CCc2c(sc3[nH]c(=O)n(-c4ccccc4C(F)(F)F)c(=O)c23)C1)c1ccccc1. The molecule has 4 aromatic rings. The van der Waals surface area contributed by atoms with E-state index in [0.29, 0.717) is 27.9 Å². The van der Waals surface area contributed by atoms with Crippen molar-refractivity contribution in [3.8, 4) is 5.69 Å². The lowest BCUT2D eigenvalue weighted by Gasteiger charge is -2.32. The van der Waals surface area contributed by atoms with Gasteiger partial charge in [0.05, 0.1) is 29.1 Å². The molecule has 10 heteroatoms. The third-order valence-electron chi connectivity index (χ3n) is 6.75. The first-order valence-corrected chi connectivity index (χ1v) is 12.7. The molecule has 1 amide bonds. The molecular formula is C27H24F3N3O3S. The fraction of sp³-hybridized carbons (Fsp3) is 0.296. The maximum absolute atomic E-state index is 13.6. The molecule has 0 radical (unpaired) electrons. The number of aromatic nitrogens is 2. The van der Waals surface area contributed by atoms with Crippen molar-refractivity contribution >= 4 is 27.5 Å². The Labute approximate surface area is 214 Å². The van der Waals surface area contributed by atoms with Crippen LogP contribution in [-0.2, 0) is 23.9 Å². The molecular weight excluding hydrogens is 503 g/mol. The van der Waals surface area contributed by atoms with E-state index in [9.17, 15) is 27.6 Å². The molecule has 0 spiro atoms. The van der Waals surface area contributed by atoms with E-state index in [1.54, 1.807) is 4.90 Å². The van der Waals surface area contributed by atoms with Crippen LogP contribution in [-0.4, -0.2) is 26.9 Å². The molecule has 0 saturated carbocycles. The average molecular weight is 528 g/mol. The molecule has 2 aromatic carbocycles. The molecule has 0 unspecified atom stereocenters. The number of carbonyl (C=O) groups is 1. The number of rotatable bonds is 4. The van der Waals surface area contributed by atoms with Gasteiger partial charge < -0.3 is 4.90 Å². The molecule has 6 nitrogen and oxygen atoms in total. The Balaban J connectivity index is 1.56. The number of aromatic amines is 1. The van der Waals surface area contributed by atoms with E-state index in [4.69, 9.17) is 0 Å². The van der Waals surface area contributed by atoms with Crippen LogP contribution in [0, 0.1) is 5.92 Å². The Morgan fingerprint density at radius 2 is 1.70 bits per heavy atom. The van der Waals surface area contributed by atoms with Gasteiger partial charge in [0.15, 0.2) is 0 Å². The van der Waals surface area contributed by atoms with Gasteiger partial charge in [-0.3, -0.25) is 14.6 Å². The van der Waals surface area contributed by atoms with Gasteiger partial charge in [0.1, 0.15) is 4.83 Å². The van der Waals surface area contributed by atoms with Crippen LogP contribution in [0.15, 0.2) is 64.2 Å². The number of hydrogen-bond donors (Lipinski definition) is 1. The monoisotopic (exact) mass is 527 g/mol. The van der Waals surface area contributed by atoms with Crippen molar-refractivity contribution in [3.05, 3.63) is 97.0 Å². The van der Waals surface area contributed by atoms with Gasteiger partial charge in [0.25, 0.3) is 5.56 Å². The number of amides is 1. The van der Waals surface area contributed by atoms with E-state index in [-0.39, 0.29) is 29.7 Å². The van der Waals surface area contributed by atoms with Gasteiger partial charge in [-0.2, -0.15) is 13.2 Å². The Bertz CT molecular complexity index is 1600. The lowest BCUT2D eigenvalue weighted by Crippen LogP contribution is -2.40. The predicted octanol–water partition coefficient (Wildman–Crippen LogP) is 5.08. The molecule has 1 atom stereocenters. The summed E-state index contributed by atoms with van der Waals surface area (Å²) < 4.78 is 41.4. The minimum atomic E-state index is -4.74. The Hall–Kier alpha value is -3.66. The minimum Gasteiger partial charge on any atom is -0.337 e. The van der Waals surface area contributed by atoms with E-state index in [0.717, 1.165) is 22.6 Å². The number of nitrogens with one attached hydrogen (secondary N) is 1. The molecule has 5 rings (SSSR count). The zero-order valence-corrected chi connectivity index (χ0v) is 20.9. The fourth-order valence-corrected chi connectivity index (χ4v) is 6.30. The highest BCUT2D eigenvalue weighted by molar-refractivity contribution is 7.18. The van der Waals surface area contributed by atoms with Crippen molar-refractivity contribution in [2.24, 2.45) is 5.92 Å². The van der Waals surface area contributed by atoms with E-state index in [1.807, 2.05) is 44.2 Å². The quantitative estimate of drug-likeness (QED) is 0.402. The zero-order valence-electron chi connectivity index (χ0n) is 20.1. The van der Waals surface area contributed by atoms with Gasteiger partial charge in [0.2, 0.25) is 5.91 Å². The molecule has 37 heavy (non-hydrogen) atoms. The molecule has 0 bridgehead atoms. The maximum Gasteiger partial charge on any atom is 0.418 e. The summed E-state index contributed by atoms with van der Waals surface area (Å²) in [4.78, 5) is 45.2. The van der Waals surface area contributed by atoms with Crippen molar-refractivity contribution in [2.45, 2.75) is 38.9 Å². The summed E-state index contributed by atoms with van der Waals surface area (Å²) in [6, 6.07) is 14.1. The van der Waals surface area contributed by atoms with Crippen LogP contribution in [0.3, 0.4) is 0 Å². The second-order valence-electron chi connectivity index (χ2n) is 9.44. The molecule has 3 heterocycles. The van der Waals surface area contributed by atoms with Gasteiger partial charge in [-0.1, -0.05) is 56.3 Å². The van der Waals surface area contributed by atoms with Crippen molar-refractivity contribution < 1.29 is 18.0 Å². The number of para-hydroxylation sites is 1. The molecule has 1 N–H and O–H groups in total. The number of carbonyl (C=O) groups excluding carboxylic acids is 1. The Morgan fingerprint density at radius 1 is 1.03 bits per heavy atom. The Kier molecular flexibility index (Phi) is 6.31. The highest BCUT2D eigenvalue weighted by atomic mass is 32.1. The number of fused-ring (bicyclic) bond motifs is 3. The van der Waals surface area contributed by atoms with E-state index >= 15 is 0 Å². The number of nitrogens with zero attached hydrogens (tertiary/aromatic N) is 2. The summed E-state index contributed by atoms with van der Waals surface area (Å²) in [7, 11) is 0. The third-order valence-corrected chi connectivity index (χ3v) is 7.88. The minimum absolute atomic E-state index is 0.0192. The molecule has 1 aliphatic heterocycles. The summed E-state index contributed by atoms with van der Waals surface area (Å²) >= 11 is 1.19. The van der Waals surface area contributed by atoms with Crippen LogP contribution in [0.25, 0.3) is 15.9 Å². The van der Waals surface area contributed by atoms with Crippen LogP contribution in [0.4, 0.5) is 13.2 Å². The van der Waals surface area contributed by atoms with Gasteiger partial charge in [-0.05, 0) is 35.6 Å². The Morgan fingerprint density at radius 3 is 2.38 bits per heavy atom. The van der Waals surface area contributed by atoms with Crippen LogP contribution >= 0.6 is 11.3 Å². The van der Waals surface area contributed by atoms with Crippen LogP contribution in [0.5, 0.6) is 0 Å². The molecule has 2 aromatic heterocycles. The first-order valence-electron chi connectivity index (χ1n) is 11.9. The zero-order chi connectivity index (χ0) is 26.5. The smallest absolute Gasteiger partial charge is 0.337 e. The topological polar surface area (TPSA) is 75.2 Å². The fourth-order valence-electron chi connectivity index (χ4n) is 5.06. The standard InChI is InChI=1S/C27H24F3N3O3S/c1-15(2)21(16-8-4-3-5-9-16)24(34)32-13-12-17-20(14-32)37-23-22(17)25(35)33(26(36)31-23)19-11-7-6-10-18(19)27(28,29)30/h3-11,15,21H,12-14H2,1-2H3,(H,31,36)/t21-/m1/s1. The first-order chi connectivity index (χ1) is 17.6. The number of benzene rings is 2. The second-order valence-corrected chi connectivity index (χ2v) is 10.5. The number of thiophene rings is 1. The predicted molar refractivity (Wildman–Crippen MR) is 136 cm³/mol.